The van der Waals surface area contributed by atoms with E-state index in [1.165, 1.54) is 11.8 Å². The van der Waals surface area contributed by atoms with Gasteiger partial charge in [-0.3, -0.25) is 14.4 Å². The van der Waals surface area contributed by atoms with E-state index in [1.54, 1.807) is 9.80 Å². The number of benzene rings is 1. The van der Waals surface area contributed by atoms with Crippen molar-refractivity contribution < 1.29 is 24.2 Å². The second kappa shape index (κ2) is 9.82. The maximum atomic E-state index is 14.2. The zero-order valence-corrected chi connectivity index (χ0v) is 20.7. The summed E-state index contributed by atoms with van der Waals surface area (Å²) >= 11 is 1.54. The summed E-state index contributed by atoms with van der Waals surface area (Å²) in [6, 6.07) is 8.51. The fraction of sp³-hybridized carbons (Fsp3) is 0.519. The molecule has 0 aromatic heterocycles. The van der Waals surface area contributed by atoms with Gasteiger partial charge in [0.2, 0.25) is 11.8 Å². The largest absolute Gasteiger partial charge is 0.465 e. The van der Waals surface area contributed by atoms with E-state index >= 15 is 0 Å². The average Bonchev–Trinajstić information content (AvgIpc) is 3.28. The highest BCUT2D eigenvalue weighted by molar-refractivity contribution is 8.02. The Morgan fingerprint density at radius 2 is 1.97 bits per heavy atom. The highest BCUT2D eigenvalue weighted by Crippen LogP contribution is 2.61. The predicted molar refractivity (Wildman–Crippen MR) is 133 cm³/mol. The van der Waals surface area contributed by atoms with Crippen molar-refractivity contribution in [3.05, 3.63) is 60.2 Å². The number of nitrogens with zero attached hydrogens (tertiary/aromatic N) is 2. The first kappa shape index (κ1) is 24.1. The number of allylic oxidation sites excluding steroid dienone is 1. The second-order valence-electron chi connectivity index (χ2n) is 9.68. The van der Waals surface area contributed by atoms with Gasteiger partial charge in [0.05, 0.1) is 35.8 Å². The predicted octanol–water partition coefficient (Wildman–Crippen LogP) is 2.55. The number of hydrogen-bond acceptors (Lipinski definition) is 6. The van der Waals surface area contributed by atoms with Crippen LogP contribution in [0.4, 0.5) is 0 Å². The van der Waals surface area contributed by atoms with E-state index in [4.69, 9.17) is 4.74 Å². The lowest BCUT2D eigenvalue weighted by atomic mass is 9.78. The third kappa shape index (κ3) is 4.00. The maximum absolute atomic E-state index is 14.2. The van der Waals surface area contributed by atoms with Crippen molar-refractivity contribution >= 4 is 29.5 Å². The molecule has 186 valence electrons. The standard InChI is InChI=1S/C27H32N2O5S/c1-2-19(17-30)29-23-25(32)28(16-18-10-5-3-6-11-18)14-9-13-27(23)22(24(29)31)21-20(35-27)12-7-4-8-15-34-26(21)33/h3,5-7,9-13,19-23,30H,2,4,8,14-17H2,1H3/b12-7-/t19-,20-,21+,22-,23?,27-/m0/s1. The van der Waals surface area contributed by atoms with E-state index < -0.39 is 28.7 Å². The van der Waals surface area contributed by atoms with Crippen LogP contribution in [0.5, 0.6) is 0 Å². The lowest BCUT2D eigenvalue weighted by Gasteiger charge is -2.38. The summed E-state index contributed by atoms with van der Waals surface area (Å²) in [7, 11) is 0. The van der Waals surface area contributed by atoms with E-state index in [1.807, 2.05) is 55.5 Å². The number of amides is 2. The van der Waals surface area contributed by atoms with Crippen molar-refractivity contribution in [2.45, 2.75) is 54.8 Å². The van der Waals surface area contributed by atoms with Gasteiger partial charge >= 0.3 is 5.97 Å². The second-order valence-corrected chi connectivity index (χ2v) is 11.2. The van der Waals surface area contributed by atoms with E-state index in [0.717, 1.165) is 18.4 Å². The molecule has 1 spiro atoms. The number of rotatable bonds is 5. The number of fused-ring (bicyclic) bond motifs is 2. The van der Waals surface area contributed by atoms with Crippen LogP contribution < -0.4 is 0 Å². The Morgan fingerprint density at radius 1 is 1.17 bits per heavy atom. The Bertz CT molecular complexity index is 1040. The molecule has 0 radical (unpaired) electrons. The van der Waals surface area contributed by atoms with Gasteiger partial charge in [0.25, 0.3) is 0 Å². The zero-order valence-electron chi connectivity index (χ0n) is 19.9. The van der Waals surface area contributed by atoms with Crippen molar-refractivity contribution in [2.24, 2.45) is 11.8 Å². The molecule has 1 N–H and O–H groups in total. The summed E-state index contributed by atoms with van der Waals surface area (Å²) in [6.45, 7) is 2.85. The number of ether oxygens (including phenoxy) is 1. The van der Waals surface area contributed by atoms with Gasteiger partial charge in [-0.2, -0.15) is 0 Å². The van der Waals surface area contributed by atoms with Gasteiger partial charge in [0.1, 0.15) is 6.04 Å². The van der Waals surface area contributed by atoms with Gasteiger partial charge < -0.3 is 19.6 Å². The normalized spacial score (nSPS) is 34.2. The minimum atomic E-state index is -0.889. The average molecular weight is 497 g/mol. The molecule has 4 aliphatic rings. The van der Waals surface area contributed by atoms with Crippen molar-refractivity contribution in [1.82, 2.24) is 9.80 Å². The van der Waals surface area contributed by atoms with Crippen LogP contribution in [0, 0.1) is 11.8 Å². The molecule has 1 aromatic carbocycles. The molecular formula is C27H32N2O5S. The molecule has 35 heavy (non-hydrogen) atoms. The van der Waals surface area contributed by atoms with Gasteiger partial charge in [-0.15, -0.1) is 11.8 Å². The lowest BCUT2D eigenvalue weighted by molar-refractivity contribution is -0.153. The highest BCUT2D eigenvalue weighted by Gasteiger charge is 2.71. The number of aliphatic hydroxyl groups is 1. The Hall–Kier alpha value is -2.58. The van der Waals surface area contributed by atoms with Crippen LogP contribution in [0.15, 0.2) is 54.6 Å². The molecule has 5 rings (SSSR count). The zero-order chi connectivity index (χ0) is 24.6. The fourth-order valence-electron chi connectivity index (χ4n) is 5.99. The van der Waals surface area contributed by atoms with Crippen LogP contribution in [0.25, 0.3) is 0 Å². The van der Waals surface area contributed by atoms with Gasteiger partial charge in [0.15, 0.2) is 0 Å². The van der Waals surface area contributed by atoms with Gasteiger partial charge in [0, 0.05) is 18.3 Å². The van der Waals surface area contributed by atoms with Crippen molar-refractivity contribution in [3.63, 3.8) is 0 Å². The quantitative estimate of drug-likeness (QED) is 0.498. The first-order chi connectivity index (χ1) is 17.0. The molecule has 1 aromatic rings. The van der Waals surface area contributed by atoms with Gasteiger partial charge in [-0.1, -0.05) is 61.6 Å². The third-order valence-corrected chi connectivity index (χ3v) is 9.41. The highest BCUT2D eigenvalue weighted by atomic mass is 32.2. The Balaban J connectivity index is 1.59. The Morgan fingerprint density at radius 3 is 2.71 bits per heavy atom. The molecule has 1 unspecified atom stereocenters. The topological polar surface area (TPSA) is 87.2 Å². The van der Waals surface area contributed by atoms with E-state index in [2.05, 4.69) is 6.08 Å². The van der Waals surface area contributed by atoms with Crippen molar-refractivity contribution in [2.75, 3.05) is 19.8 Å². The number of hydrogen-bond donors (Lipinski definition) is 1. The minimum absolute atomic E-state index is 0.141. The molecule has 4 heterocycles. The van der Waals surface area contributed by atoms with E-state index in [0.29, 0.717) is 26.1 Å². The molecule has 4 aliphatic heterocycles. The number of likely N-dealkylation sites (tertiary alicyclic amines) is 1. The number of esters is 1. The summed E-state index contributed by atoms with van der Waals surface area (Å²) in [5.41, 5.74) is 1.01. The van der Waals surface area contributed by atoms with Crippen LogP contribution in [0.2, 0.25) is 0 Å². The van der Waals surface area contributed by atoms with E-state index in [9.17, 15) is 19.5 Å². The summed E-state index contributed by atoms with van der Waals surface area (Å²) in [5.74, 6) is -2.12. The smallest absolute Gasteiger partial charge is 0.311 e. The summed E-state index contributed by atoms with van der Waals surface area (Å²) < 4.78 is 4.70. The number of cyclic esters (lactones) is 1. The summed E-state index contributed by atoms with van der Waals surface area (Å²) in [4.78, 5) is 44.9. The molecule has 6 atom stereocenters. The first-order valence-corrected chi connectivity index (χ1v) is 13.3. The molecule has 2 saturated heterocycles. The number of thioether (sulfide) groups is 1. The number of carbonyl (C=O) groups is 3. The maximum Gasteiger partial charge on any atom is 0.311 e. The number of aliphatic hydroxyl groups excluding tert-OH is 1. The number of carbonyl (C=O) groups excluding carboxylic acids is 3. The van der Waals surface area contributed by atoms with E-state index in [-0.39, 0.29) is 29.6 Å². The molecule has 8 heteroatoms. The van der Waals surface area contributed by atoms with Crippen LogP contribution in [0.1, 0.15) is 31.7 Å². The van der Waals surface area contributed by atoms with Crippen LogP contribution >= 0.6 is 11.8 Å². The lowest BCUT2D eigenvalue weighted by Crippen LogP contribution is -2.56. The van der Waals surface area contributed by atoms with Crippen LogP contribution in [-0.2, 0) is 25.7 Å². The Labute approximate surface area is 210 Å². The molecule has 2 amide bonds. The molecular weight excluding hydrogens is 464 g/mol. The molecule has 0 saturated carbocycles. The third-order valence-electron chi connectivity index (χ3n) is 7.66. The fourth-order valence-corrected chi connectivity index (χ4v) is 7.98. The minimum Gasteiger partial charge on any atom is -0.465 e. The Kier molecular flexibility index (Phi) is 6.77. The van der Waals surface area contributed by atoms with Crippen LogP contribution in [0.3, 0.4) is 0 Å². The SMILES string of the molecule is CC[C@@H](CO)N1C(=O)[C@@H]2[C@@H]3C(=O)OCCC/C=C\[C@@H]3S[C@@]23C=CCN(Cc2ccccc2)C(=O)C13. The molecule has 2 fully saturated rings. The monoisotopic (exact) mass is 496 g/mol. The van der Waals surface area contributed by atoms with Gasteiger partial charge in [-0.25, -0.2) is 0 Å². The van der Waals surface area contributed by atoms with Crippen LogP contribution in [-0.4, -0.2) is 74.5 Å². The summed E-state index contributed by atoms with van der Waals surface area (Å²) in [6.07, 6.45) is 10.1. The molecule has 0 bridgehead atoms. The van der Waals surface area contributed by atoms with Gasteiger partial charge in [-0.05, 0) is 24.8 Å². The molecule has 0 aliphatic carbocycles. The molecule has 7 nitrogen and oxygen atoms in total. The van der Waals surface area contributed by atoms with Crippen molar-refractivity contribution in [1.29, 1.82) is 0 Å². The first-order valence-electron chi connectivity index (χ1n) is 12.5. The summed E-state index contributed by atoms with van der Waals surface area (Å²) in [5, 5.41) is 9.93. The van der Waals surface area contributed by atoms with Crippen molar-refractivity contribution in [3.8, 4) is 0 Å².